The molecule has 0 aliphatic rings. The Morgan fingerprint density at radius 1 is 1.17 bits per heavy atom. The lowest BCUT2D eigenvalue weighted by Gasteiger charge is -2.12. The Balaban J connectivity index is 1.75. The van der Waals surface area contributed by atoms with Gasteiger partial charge in [0.1, 0.15) is 12.4 Å². The fourth-order valence-electron chi connectivity index (χ4n) is 2.46. The van der Waals surface area contributed by atoms with Crippen molar-refractivity contribution >= 4 is 11.7 Å². The van der Waals surface area contributed by atoms with Gasteiger partial charge in [-0.05, 0) is 37.6 Å². The predicted octanol–water partition coefficient (Wildman–Crippen LogP) is 2.94. The molecule has 1 aromatic carbocycles. The van der Waals surface area contributed by atoms with E-state index in [9.17, 15) is 4.79 Å². The number of nitrogens with zero attached hydrogens (tertiary/aromatic N) is 2. The molecule has 0 radical (unpaired) electrons. The van der Waals surface area contributed by atoms with Gasteiger partial charge >= 0.3 is 5.97 Å². The first kappa shape index (κ1) is 22.2. The molecule has 1 N–H and O–H groups in total. The summed E-state index contributed by atoms with van der Waals surface area (Å²) in [5.74, 6) is 0.240. The fourth-order valence-corrected chi connectivity index (χ4v) is 2.46. The van der Waals surface area contributed by atoms with E-state index in [2.05, 4.69) is 10.1 Å². The number of methoxy groups -OCH3 is 1. The molecule has 1 atom stereocenters. The Hall–Kier alpha value is -3.13. The maximum atomic E-state index is 11.1. The van der Waals surface area contributed by atoms with Crippen molar-refractivity contribution in [1.82, 2.24) is 4.98 Å². The van der Waals surface area contributed by atoms with Crippen LogP contribution in [0.25, 0.3) is 0 Å². The van der Waals surface area contributed by atoms with E-state index < -0.39 is 12.1 Å². The predicted molar refractivity (Wildman–Crippen MR) is 108 cm³/mol. The van der Waals surface area contributed by atoms with Crippen molar-refractivity contribution in [3.8, 4) is 11.6 Å². The lowest BCUT2D eigenvalue weighted by molar-refractivity contribution is -0.149. The maximum Gasteiger partial charge on any atom is 0.333 e. The summed E-state index contributed by atoms with van der Waals surface area (Å²) >= 11 is 0. The summed E-state index contributed by atoms with van der Waals surface area (Å²) in [7, 11) is 1.56. The minimum absolute atomic E-state index is 0.286. The van der Waals surface area contributed by atoms with Crippen LogP contribution in [0.4, 0.5) is 0 Å². The van der Waals surface area contributed by atoms with Crippen molar-refractivity contribution in [2.75, 3.05) is 26.9 Å². The Morgan fingerprint density at radius 2 is 1.93 bits per heavy atom. The second-order valence-corrected chi connectivity index (χ2v) is 6.08. The molecule has 0 aliphatic carbocycles. The Kier molecular flexibility index (Phi) is 8.91. The standard InChI is InChI=1S/C21H26N2O6/c1-4-27-19(21(24)25)13-16-5-8-18(9-6-16)28-11-12-29-23-15(2)17-7-10-20(26-3)22-14-17/h5-10,14,19H,4,11-13H2,1-3H3,(H,24,25). The summed E-state index contributed by atoms with van der Waals surface area (Å²) in [5, 5.41) is 13.2. The van der Waals surface area contributed by atoms with Gasteiger partial charge in [0.15, 0.2) is 12.7 Å². The van der Waals surface area contributed by atoms with Gasteiger partial charge in [0.25, 0.3) is 0 Å². The minimum Gasteiger partial charge on any atom is -0.490 e. The SMILES string of the molecule is CCOC(Cc1ccc(OCCON=C(C)c2ccc(OC)nc2)cc1)C(=O)O. The topological polar surface area (TPSA) is 99.5 Å². The number of hydrogen-bond donors (Lipinski definition) is 1. The van der Waals surface area contributed by atoms with Crippen LogP contribution < -0.4 is 9.47 Å². The van der Waals surface area contributed by atoms with E-state index in [1.165, 1.54) is 0 Å². The average Bonchev–Trinajstić information content (AvgIpc) is 2.74. The number of hydrogen-bond acceptors (Lipinski definition) is 7. The molecule has 0 amide bonds. The Labute approximate surface area is 170 Å². The maximum absolute atomic E-state index is 11.1. The summed E-state index contributed by atoms with van der Waals surface area (Å²) in [6, 6.07) is 10.8. The van der Waals surface area contributed by atoms with Crippen molar-refractivity contribution in [1.29, 1.82) is 0 Å². The van der Waals surface area contributed by atoms with Crippen molar-refractivity contribution in [3.05, 3.63) is 53.7 Å². The number of benzene rings is 1. The smallest absolute Gasteiger partial charge is 0.333 e. The highest BCUT2D eigenvalue weighted by Gasteiger charge is 2.17. The molecule has 1 unspecified atom stereocenters. The van der Waals surface area contributed by atoms with E-state index in [4.69, 9.17) is 24.2 Å². The molecule has 29 heavy (non-hydrogen) atoms. The quantitative estimate of drug-likeness (QED) is 0.331. The van der Waals surface area contributed by atoms with Gasteiger partial charge in [-0.25, -0.2) is 9.78 Å². The summed E-state index contributed by atoms with van der Waals surface area (Å²) < 4.78 is 15.9. The summed E-state index contributed by atoms with van der Waals surface area (Å²) in [6.07, 6.45) is 1.13. The van der Waals surface area contributed by atoms with E-state index in [1.54, 1.807) is 38.4 Å². The second kappa shape index (κ2) is 11.7. The number of carbonyl (C=O) groups is 1. The fraction of sp³-hybridized carbons (Fsp3) is 0.381. The number of pyridine rings is 1. The van der Waals surface area contributed by atoms with Crippen molar-refractivity contribution in [3.63, 3.8) is 0 Å². The third-order valence-corrected chi connectivity index (χ3v) is 4.00. The molecule has 0 fully saturated rings. The molecule has 0 saturated carbocycles. The number of carboxylic acids is 1. The first-order chi connectivity index (χ1) is 14.0. The van der Waals surface area contributed by atoms with Crippen molar-refractivity contribution < 1.29 is 28.9 Å². The molecule has 8 heteroatoms. The minimum atomic E-state index is -0.967. The zero-order chi connectivity index (χ0) is 21.1. The number of aliphatic carboxylic acids is 1. The molecule has 2 rings (SSSR count). The Morgan fingerprint density at radius 3 is 2.52 bits per heavy atom. The van der Waals surface area contributed by atoms with Crippen LogP contribution in [0.2, 0.25) is 0 Å². The molecular formula is C21H26N2O6. The summed E-state index contributed by atoms with van der Waals surface area (Å²) in [6.45, 7) is 4.57. The number of rotatable bonds is 12. The highest BCUT2D eigenvalue weighted by molar-refractivity contribution is 5.98. The van der Waals surface area contributed by atoms with Gasteiger partial charge in [0, 0.05) is 30.9 Å². The van der Waals surface area contributed by atoms with Crippen LogP contribution in [0.15, 0.2) is 47.8 Å². The number of oxime groups is 1. The summed E-state index contributed by atoms with van der Waals surface area (Å²) in [4.78, 5) is 20.6. The van der Waals surface area contributed by atoms with Crippen LogP contribution >= 0.6 is 0 Å². The van der Waals surface area contributed by atoms with Gasteiger partial charge in [0.05, 0.1) is 12.8 Å². The average molecular weight is 402 g/mol. The molecule has 0 aliphatic heterocycles. The molecular weight excluding hydrogens is 376 g/mol. The number of aromatic nitrogens is 1. The molecule has 1 heterocycles. The van der Waals surface area contributed by atoms with Crippen molar-refractivity contribution in [2.24, 2.45) is 5.16 Å². The van der Waals surface area contributed by atoms with Gasteiger partial charge in [-0.15, -0.1) is 0 Å². The van der Waals surface area contributed by atoms with E-state index in [1.807, 2.05) is 25.1 Å². The first-order valence-electron chi connectivity index (χ1n) is 9.26. The normalized spacial score (nSPS) is 12.3. The molecule has 8 nitrogen and oxygen atoms in total. The largest absolute Gasteiger partial charge is 0.490 e. The molecule has 156 valence electrons. The Bertz CT molecular complexity index is 790. The van der Waals surface area contributed by atoms with Gasteiger partial charge < -0.3 is 24.2 Å². The highest BCUT2D eigenvalue weighted by Crippen LogP contribution is 2.14. The van der Waals surface area contributed by atoms with Crippen molar-refractivity contribution in [2.45, 2.75) is 26.4 Å². The first-order valence-corrected chi connectivity index (χ1v) is 9.26. The molecule has 1 aromatic heterocycles. The van der Waals surface area contributed by atoms with Crippen LogP contribution in [-0.4, -0.2) is 54.8 Å². The summed E-state index contributed by atoms with van der Waals surface area (Å²) in [5.41, 5.74) is 2.41. The van der Waals surface area contributed by atoms with E-state index >= 15 is 0 Å². The van der Waals surface area contributed by atoms with Gasteiger partial charge in [0.2, 0.25) is 5.88 Å². The molecule has 0 spiro atoms. The third kappa shape index (κ3) is 7.42. The van der Waals surface area contributed by atoms with Crippen LogP contribution in [-0.2, 0) is 20.8 Å². The lowest BCUT2D eigenvalue weighted by Crippen LogP contribution is -2.26. The highest BCUT2D eigenvalue weighted by atomic mass is 16.6. The molecule has 2 aromatic rings. The monoisotopic (exact) mass is 402 g/mol. The lowest BCUT2D eigenvalue weighted by atomic mass is 10.1. The van der Waals surface area contributed by atoms with Gasteiger partial charge in [-0.3, -0.25) is 0 Å². The number of ether oxygens (including phenoxy) is 3. The van der Waals surface area contributed by atoms with E-state index in [0.717, 1.165) is 11.1 Å². The van der Waals surface area contributed by atoms with Gasteiger partial charge in [-0.2, -0.15) is 0 Å². The number of carboxylic acid groups (broad SMARTS) is 1. The van der Waals surface area contributed by atoms with Gasteiger partial charge in [-0.1, -0.05) is 17.3 Å². The second-order valence-electron chi connectivity index (χ2n) is 6.08. The van der Waals surface area contributed by atoms with Crippen LogP contribution in [0.3, 0.4) is 0 Å². The zero-order valence-corrected chi connectivity index (χ0v) is 16.8. The van der Waals surface area contributed by atoms with E-state index in [0.29, 0.717) is 37.0 Å². The van der Waals surface area contributed by atoms with Crippen LogP contribution in [0.1, 0.15) is 25.0 Å². The molecule has 0 saturated heterocycles. The van der Waals surface area contributed by atoms with E-state index in [-0.39, 0.29) is 6.61 Å². The zero-order valence-electron chi connectivity index (χ0n) is 16.8. The van der Waals surface area contributed by atoms with Crippen LogP contribution in [0, 0.1) is 0 Å². The third-order valence-electron chi connectivity index (χ3n) is 4.00. The molecule has 0 bridgehead atoms. The van der Waals surface area contributed by atoms with Crippen LogP contribution in [0.5, 0.6) is 11.6 Å².